The van der Waals surface area contributed by atoms with Crippen molar-refractivity contribution >= 4 is 40.1 Å². The quantitative estimate of drug-likeness (QED) is 0.716. The van der Waals surface area contributed by atoms with Gasteiger partial charge in [-0.05, 0) is 30.3 Å². The summed E-state index contributed by atoms with van der Waals surface area (Å²) in [6, 6.07) is 12.5. The maximum Gasteiger partial charge on any atom is 0.254 e. The van der Waals surface area contributed by atoms with E-state index in [1.807, 2.05) is 23.1 Å². The normalized spacial score (nSPS) is 14.7. The van der Waals surface area contributed by atoms with E-state index < -0.39 is 0 Å². The fourth-order valence-electron chi connectivity index (χ4n) is 3.34. The van der Waals surface area contributed by atoms with Crippen LogP contribution < -0.4 is 5.32 Å². The standard InChI is InChI=1S/C21H20ClN5O2/c22-16-3-1-2-4-17(16)25-20(28)14-26-9-11-27(12-10-26)21(29)15-5-6-18-19(13-15)24-8-7-23-18/h1-8,13H,9-12,14H2,(H,25,28). The largest absolute Gasteiger partial charge is 0.336 e. The van der Waals surface area contributed by atoms with Crippen molar-refractivity contribution in [3.05, 3.63) is 65.4 Å². The van der Waals surface area contributed by atoms with Gasteiger partial charge in [-0.15, -0.1) is 0 Å². The molecule has 0 unspecified atom stereocenters. The van der Waals surface area contributed by atoms with Crippen LogP contribution in [0, 0.1) is 0 Å². The first-order valence-electron chi connectivity index (χ1n) is 9.37. The van der Waals surface area contributed by atoms with Crippen molar-refractivity contribution in [2.24, 2.45) is 0 Å². The van der Waals surface area contributed by atoms with Gasteiger partial charge in [-0.25, -0.2) is 0 Å². The van der Waals surface area contributed by atoms with E-state index in [4.69, 9.17) is 11.6 Å². The summed E-state index contributed by atoms with van der Waals surface area (Å²) in [6.07, 6.45) is 3.24. The van der Waals surface area contributed by atoms with E-state index in [0.717, 1.165) is 5.52 Å². The van der Waals surface area contributed by atoms with Crippen LogP contribution in [0.3, 0.4) is 0 Å². The number of para-hydroxylation sites is 1. The van der Waals surface area contributed by atoms with E-state index in [1.54, 1.807) is 41.6 Å². The van der Waals surface area contributed by atoms with E-state index in [9.17, 15) is 9.59 Å². The first-order valence-corrected chi connectivity index (χ1v) is 9.75. The monoisotopic (exact) mass is 409 g/mol. The number of carbonyl (C=O) groups is 2. The van der Waals surface area contributed by atoms with E-state index in [0.29, 0.717) is 48.0 Å². The molecule has 2 amide bonds. The van der Waals surface area contributed by atoms with Gasteiger partial charge in [0.25, 0.3) is 5.91 Å². The number of hydrogen-bond acceptors (Lipinski definition) is 5. The molecule has 0 aliphatic carbocycles. The molecule has 2 aromatic carbocycles. The zero-order valence-electron chi connectivity index (χ0n) is 15.7. The van der Waals surface area contributed by atoms with Crippen LogP contribution >= 0.6 is 11.6 Å². The van der Waals surface area contributed by atoms with E-state index in [-0.39, 0.29) is 18.4 Å². The van der Waals surface area contributed by atoms with Gasteiger partial charge in [0.1, 0.15) is 0 Å². The van der Waals surface area contributed by atoms with Crippen LogP contribution in [-0.2, 0) is 4.79 Å². The lowest BCUT2D eigenvalue weighted by atomic mass is 10.1. The molecule has 0 saturated carbocycles. The molecular weight excluding hydrogens is 390 g/mol. The fourth-order valence-corrected chi connectivity index (χ4v) is 3.53. The fraction of sp³-hybridized carbons (Fsp3) is 0.238. The molecule has 0 radical (unpaired) electrons. The van der Waals surface area contributed by atoms with Gasteiger partial charge in [0.2, 0.25) is 5.91 Å². The minimum absolute atomic E-state index is 0.0299. The third kappa shape index (κ3) is 4.52. The average molecular weight is 410 g/mol. The number of nitrogens with zero attached hydrogens (tertiary/aromatic N) is 4. The molecule has 7 nitrogen and oxygen atoms in total. The van der Waals surface area contributed by atoms with Crippen molar-refractivity contribution in [2.75, 3.05) is 38.0 Å². The lowest BCUT2D eigenvalue weighted by Gasteiger charge is -2.34. The van der Waals surface area contributed by atoms with Gasteiger partial charge in [0, 0.05) is 44.1 Å². The molecule has 1 aromatic heterocycles. The summed E-state index contributed by atoms with van der Waals surface area (Å²) >= 11 is 6.08. The average Bonchev–Trinajstić information content (AvgIpc) is 2.75. The lowest BCUT2D eigenvalue weighted by Crippen LogP contribution is -2.50. The molecule has 0 bridgehead atoms. The van der Waals surface area contributed by atoms with Gasteiger partial charge < -0.3 is 10.2 Å². The van der Waals surface area contributed by atoms with Crippen LogP contribution in [0.25, 0.3) is 11.0 Å². The van der Waals surface area contributed by atoms with Crippen LogP contribution in [0.5, 0.6) is 0 Å². The number of hydrogen-bond donors (Lipinski definition) is 1. The molecule has 4 rings (SSSR count). The van der Waals surface area contributed by atoms with Crippen molar-refractivity contribution in [1.29, 1.82) is 0 Å². The highest BCUT2D eigenvalue weighted by Gasteiger charge is 2.23. The number of benzene rings is 2. The van der Waals surface area contributed by atoms with Crippen molar-refractivity contribution < 1.29 is 9.59 Å². The lowest BCUT2D eigenvalue weighted by molar-refractivity contribution is -0.117. The number of carbonyl (C=O) groups excluding carboxylic acids is 2. The molecule has 148 valence electrons. The SMILES string of the molecule is O=C(CN1CCN(C(=O)c2ccc3nccnc3c2)CC1)Nc1ccccc1Cl. The topological polar surface area (TPSA) is 78.4 Å². The second-order valence-corrected chi connectivity index (χ2v) is 7.26. The zero-order chi connectivity index (χ0) is 20.2. The highest BCUT2D eigenvalue weighted by Crippen LogP contribution is 2.20. The number of anilines is 1. The van der Waals surface area contributed by atoms with Crippen LogP contribution in [0.4, 0.5) is 5.69 Å². The maximum absolute atomic E-state index is 12.8. The predicted molar refractivity (Wildman–Crippen MR) is 112 cm³/mol. The summed E-state index contributed by atoms with van der Waals surface area (Å²) in [5.41, 5.74) is 2.67. The molecule has 0 spiro atoms. The summed E-state index contributed by atoms with van der Waals surface area (Å²) in [4.78, 5) is 37.4. The number of rotatable bonds is 4. The van der Waals surface area contributed by atoms with E-state index in [2.05, 4.69) is 15.3 Å². The van der Waals surface area contributed by atoms with Crippen molar-refractivity contribution in [2.45, 2.75) is 0 Å². The maximum atomic E-state index is 12.8. The Morgan fingerprint density at radius 3 is 2.45 bits per heavy atom. The minimum atomic E-state index is -0.119. The molecule has 0 atom stereocenters. The Kier molecular flexibility index (Phi) is 5.69. The summed E-state index contributed by atoms with van der Waals surface area (Å²) < 4.78 is 0. The highest BCUT2D eigenvalue weighted by molar-refractivity contribution is 6.33. The predicted octanol–water partition coefficient (Wildman–Crippen LogP) is 2.68. The summed E-state index contributed by atoms with van der Waals surface area (Å²) in [5, 5.41) is 3.34. The number of amides is 2. The van der Waals surface area contributed by atoms with Crippen LogP contribution in [0.1, 0.15) is 10.4 Å². The van der Waals surface area contributed by atoms with Crippen LogP contribution in [-0.4, -0.2) is 64.3 Å². The van der Waals surface area contributed by atoms with Gasteiger partial charge in [0.15, 0.2) is 0 Å². The molecule has 1 fully saturated rings. The number of piperazine rings is 1. The Morgan fingerprint density at radius 1 is 0.966 bits per heavy atom. The Hall–Kier alpha value is -3.03. The molecule has 29 heavy (non-hydrogen) atoms. The first-order chi connectivity index (χ1) is 14.1. The van der Waals surface area contributed by atoms with Crippen molar-refractivity contribution in [3.63, 3.8) is 0 Å². The Morgan fingerprint density at radius 2 is 1.69 bits per heavy atom. The van der Waals surface area contributed by atoms with Gasteiger partial charge >= 0.3 is 0 Å². The van der Waals surface area contributed by atoms with Crippen molar-refractivity contribution in [3.8, 4) is 0 Å². The molecule has 1 aliphatic rings. The third-order valence-electron chi connectivity index (χ3n) is 4.89. The van der Waals surface area contributed by atoms with E-state index >= 15 is 0 Å². The number of fused-ring (bicyclic) bond motifs is 1. The molecule has 1 aliphatic heterocycles. The summed E-state index contributed by atoms with van der Waals surface area (Å²) in [5.74, 6) is -0.149. The van der Waals surface area contributed by atoms with Crippen LogP contribution in [0.15, 0.2) is 54.9 Å². The van der Waals surface area contributed by atoms with Gasteiger partial charge in [0.05, 0.1) is 28.3 Å². The summed E-state index contributed by atoms with van der Waals surface area (Å²) in [6.45, 7) is 2.66. The Labute approximate surface area is 173 Å². The third-order valence-corrected chi connectivity index (χ3v) is 5.22. The van der Waals surface area contributed by atoms with Gasteiger partial charge in [-0.2, -0.15) is 0 Å². The summed E-state index contributed by atoms with van der Waals surface area (Å²) in [7, 11) is 0. The molecule has 2 heterocycles. The number of aromatic nitrogens is 2. The van der Waals surface area contributed by atoms with Crippen molar-refractivity contribution in [1.82, 2.24) is 19.8 Å². The van der Waals surface area contributed by atoms with Gasteiger partial charge in [-0.3, -0.25) is 24.5 Å². The molecule has 1 saturated heterocycles. The molecule has 3 aromatic rings. The number of halogens is 1. The van der Waals surface area contributed by atoms with Gasteiger partial charge in [-0.1, -0.05) is 23.7 Å². The minimum Gasteiger partial charge on any atom is -0.336 e. The first kappa shape index (κ1) is 19.3. The highest BCUT2D eigenvalue weighted by atomic mass is 35.5. The van der Waals surface area contributed by atoms with E-state index in [1.165, 1.54) is 0 Å². The van der Waals surface area contributed by atoms with Crippen LogP contribution in [0.2, 0.25) is 5.02 Å². The second kappa shape index (κ2) is 8.55. The zero-order valence-corrected chi connectivity index (χ0v) is 16.5. The smallest absolute Gasteiger partial charge is 0.254 e. The second-order valence-electron chi connectivity index (χ2n) is 6.86. The molecule has 8 heteroatoms. The molecular formula is C21H20ClN5O2. The Bertz CT molecular complexity index is 1050. The molecule has 1 N–H and O–H groups in total. The Balaban J connectivity index is 1.32. The number of nitrogens with one attached hydrogen (secondary N) is 1.